The number of nitrogens with two attached hydrogens (primary N) is 1. The van der Waals surface area contributed by atoms with Crippen LogP contribution in [0.1, 0.15) is 12.5 Å². The zero-order chi connectivity index (χ0) is 13.5. The molecule has 100 valence electrons. The van der Waals surface area contributed by atoms with Crippen molar-refractivity contribution >= 4 is 17.7 Å². The molecule has 0 aliphatic heterocycles. The van der Waals surface area contributed by atoms with Gasteiger partial charge in [-0.1, -0.05) is 6.92 Å². The molecule has 0 aliphatic rings. The highest BCUT2D eigenvalue weighted by Gasteiger charge is 2.09. The molecule has 2 N–H and O–H groups in total. The largest absolute Gasteiger partial charge is 0.493 e. The van der Waals surface area contributed by atoms with Crippen molar-refractivity contribution in [3.8, 4) is 5.75 Å². The lowest BCUT2D eigenvalue weighted by Gasteiger charge is -2.14. The van der Waals surface area contributed by atoms with Crippen LogP contribution in [0.2, 0.25) is 0 Å². The number of hydrogen-bond donors (Lipinski definition) is 1. The lowest BCUT2D eigenvalue weighted by atomic mass is 10.2. The highest BCUT2D eigenvalue weighted by molar-refractivity contribution is 6.17. The summed E-state index contributed by atoms with van der Waals surface area (Å²) in [7, 11) is 0. The fraction of sp³-hybridized carbons (Fsp3) is 0.417. The Balaban J connectivity index is 2.50. The second kappa shape index (κ2) is 7.06. The monoisotopic (exact) mass is 275 g/mol. The van der Waals surface area contributed by atoms with Gasteiger partial charge in [0.15, 0.2) is 0 Å². The highest BCUT2D eigenvalue weighted by atomic mass is 35.5. The number of hydrogen-bond acceptors (Lipinski definition) is 3. The first kappa shape index (κ1) is 14.6. The summed E-state index contributed by atoms with van der Waals surface area (Å²) < 4.78 is 23.1. The lowest BCUT2D eigenvalue weighted by Crippen LogP contribution is -2.21. The zero-order valence-electron chi connectivity index (χ0n) is 9.99. The van der Waals surface area contributed by atoms with Crippen molar-refractivity contribution in [3.63, 3.8) is 0 Å². The number of primary amides is 1. The van der Waals surface area contributed by atoms with Crippen LogP contribution in [0.15, 0.2) is 18.2 Å². The number of halogens is 2. The van der Waals surface area contributed by atoms with Gasteiger partial charge in [-0.3, -0.25) is 0 Å². The van der Waals surface area contributed by atoms with Crippen LogP contribution in [-0.2, 0) is 10.6 Å². The van der Waals surface area contributed by atoms with Crippen LogP contribution in [-0.4, -0.2) is 19.3 Å². The maximum absolute atomic E-state index is 13.0. The van der Waals surface area contributed by atoms with E-state index < -0.39 is 6.09 Å². The second-order valence-electron chi connectivity index (χ2n) is 3.93. The topological polar surface area (TPSA) is 61.5 Å². The molecule has 0 fully saturated rings. The standard InChI is InChI=1S/C12H15ClFNO3/c1-8(7-18-12(15)16)6-17-11-3-2-10(14)4-9(11)5-13/h2-4,8H,5-7H2,1H3,(H2,15,16). The van der Waals surface area contributed by atoms with Gasteiger partial charge < -0.3 is 15.2 Å². The predicted molar refractivity (Wildman–Crippen MR) is 66.2 cm³/mol. The number of alkyl halides is 1. The summed E-state index contributed by atoms with van der Waals surface area (Å²) >= 11 is 5.69. The molecular formula is C12H15ClFNO3. The Bertz CT molecular complexity index is 414. The number of rotatable bonds is 6. The number of benzene rings is 1. The van der Waals surface area contributed by atoms with Crippen molar-refractivity contribution in [2.75, 3.05) is 13.2 Å². The second-order valence-corrected chi connectivity index (χ2v) is 4.20. The quantitative estimate of drug-likeness (QED) is 0.812. The minimum Gasteiger partial charge on any atom is -0.493 e. The summed E-state index contributed by atoms with van der Waals surface area (Å²) in [6, 6.07) is 4.15. The average Bonchev–Trinajstić information content (AvgIpc) is 2.34. The SMILES string of the molecule is CC(COC(N)=O)COc1ccc(F)cc1CCl. The van der Waals surface area contributed by atoms with E-state index in [1.54, 1.807) is 0 Å². The van der Waals surface area contributed by atoms with Crippen molar-refractivity contribution in [1.82, 2.24) is 0 Å². The number of carbonyl (C=O) groups is 1. The Kier molecular flexibility index (Phi) is 5.71. The first-order valence-electron chi connectivity index (χ1n) is 5.42. The molecule has 18 heavy (non-hydrogen) atoms. The van der Waals surface area contributed by atoms with E-state index in [9.17, 15) is 9.18 Å². The Morgan fingerprint density at radius 3 is 2.83 bits per heavy atom. The Morgan fingerprint density at radius 1 is 1.50 bits per heavy atom. The van der Waals surface area contributed by atoms with E-state index in [1.807, 2.05) is 6.92 Å². The number of amides is 1. The van der Waals surface area contributed by atoms with Crippen LogP contribution in [0.4, 0.5) is 9.18 Å². The van der Waals surface area contributed by atoms with E-state index in [2.05, 4.69) is 4.74 Å². The fourth-order valence-corrected chi connectivity index (χ4v) is 1.51. The third-order valence-electron chi connectivity index (χ3n) is 2.20. The van der Waals surface area contributed by atoms with Crippen molar-refractivity contribution in [1.29, 1.82) is 0 Å². The molecule has 0 saturated carbocycles. The molecule has 0 heterocycles. The first-order chi connectivity index (χ1) is 8.52. The molecule has 1 aromatic rings. The summed E-state index contributed by atoms with van der Waals surface area (Å²) in [6.45, 7) is 2.34. The predicted octanol–water partition coefficient (Wildman–Crippen LogP) is 2.67. The van der Waals surface area contributed by atoms with Crippen LogP contribution in [0.5, 0.6) is 5.75 Å². The summed E-state index contributed by atoms with van der Waals surface area (Å²) in [6.07, 6.45) is -0.815. The summed E-state index contributed by atoms with van der Waals surface area (Å²) in [5.41, 5.74) is 5.43. The molecule has 1 rings (SSSR count). The zero-order valence-corrected chi connectivity index (χ0v) is 10.7. The molecule has 1 amide bonds. The molecule has 0 bridgehead atoms. The molecule has 0 saturated heterocycles. The maximum Gasteiger partial charge on any atom is 0.404 e. The minimum absolute atomic E-state index is 0.0225. The molecule has 0 aromatic heterocycles. The van der Waals surface area contributed by atoms with Gasteiger partial charge in [0.05, 0.1) is 19.1 Å². The molecule has 1 atom stereocenters. The van der Waals surface area contributed by atoms with Crippen molar-refractivity contribution in [2.45, 2.75) is 12.8 Å². The van der Waals surface area contributed by atoms with E-state index in [0.29, 0.717) is 17.9 Å². The molecule has 0 radical (unpaired) electrons. The molecule has 0 aliphatic carbocycles. The van der Waals surface area contributed by atoms with Gasteiger partial charge in [0.2, 0.25) is 0 Å². The van der Waals surface area contributed by atoms with Gasteiger partial charge in [-0.05, 0) is 18.2 Å². The van der Waals surface area contributed by atoms with Gasteiger partial charge in [-0.15, -0.1) is 11.6 Å². The highest BCUT2D eigenvalue weighted by Crippen LogP contribution is 2.22. The smallest absolute Gasteiger partial charge is 0.404 e. The number of carbonyl (C=O) groups excluding carboxylic acids is 1. The van der Waals surface area contributed by atoms with Crippen LogP contribution >= 0.6 is 11.6 Å². The first-order valence-corrected chi connectivity index (χ1v) is 5.95. The van der Waals surface area contributed by atoms with Crippen molar-refractivity contribution in [3.05, 3.63) is 29.6 Å². The minimum atomic E-state index is -0.815. The van der Waals surface area contributed by atoms with Crippen LogP contribution in [0.25, 0.3) is 0 Å². The number of ether oxygens (including phenoxy) is 2. The molecule has 1 unspecified atom stereocenters. The van der Waals surface area contributed by atoms with Gasteiger partial charge in [0.25, 0.3) is 0 Å². The summed E-state index contributed by atoms with van der Waals surface area (Å²) in [5, 5.41) is 0. The van der Waals surface area contributed by atoms with Gasteiger partial charge in [0, 0.05) is 11.5 Å². The van der Waals surface area contributed by atoms with E-state index >= 15 is 0 Å². The van der Waals surface area contributed by atoms with Crippen molar-refractivity contribution < 1.29 is 18.7 Å². The fourth-order valence-electron chi connectivity index (χ4n) is 1.30. The van der Waals surface area contributed by atoms with Gasteiger partial charge >= 0.3 is 6.09 Å². The molecular weight excluding hydrogens is 261 g/mol. The summed E-state index contributed by atoms with van der Waals surface area (Å²) in [4.78, 5) is 10.4. The van der Waals surface area contributed by atoms with Gasteiger partial charge in [-0.2, -0.15) is 0 Å². The van der Waals surface area contributed by atoms with E-state index in [1.165, 1.54) is 18.2 Å². The van der Waals surface area contributed by atoms with Crippen molar-refractivity contribution in [2.24, 2.45) is 11.7 Å². The normalized spacial score (nSPS) is 11.9. The van der Waals surface area contributed by atoms with E-state index in [4.69, 9.17) is 22.1 Å². The molecule has 0 spiro atoms. The molecule has 6 heteroatoms. The maximum atomic E-state index is 13.0. The molecule has 1 aromatic carbocycles. The van der Waals surface area contributed by atoms with E-state index in [0.717, 1.165) is 0 Å². The third kappa shape index (κ3) is 4.79. The van der Waals surface area contributed by atoms with Gasteiger partial charge in [0.1, 0.15) is 11.6 Å². The van der Waals surface area contributed by atoms with Gasteiger partial charge in [-0.25, -0.2) is 9.18 Å². The van der Waals surface area contributed by atoms with Crippen LogP contribution in [0, 0.1) is 11.7 Å². The summed E-state index contributed by atoms with van der Waals surface area (Å²) in [5.74, 6) is 0.311. The lowest BCUT2D eigenvalue weighted by molar-refractivity contribution is 0.122. The molecule has 4 nitrogen and oxygen atoms in total. The Morgan fingerprint density at radius 2 is 2.22 bits per heavy atom. The Hall–Kier alpha value is -1.49. The van der Waals surface area contributed by atoms with Crippen LogP contribution < -0.4 is 10.5 Å². The average molecular weight is 276 g/mol. The van der Waals surface area contributed by atoms with Crippen LogP contribution in [0.3, 0.4) is 0 Å². The van der Waals surface area contributed by atoms with E-state index in [-0.39, 0.29) is 24.2 Å². The Labute approximate surface area is 110 Å². The third-order valence-corrected chi connectivity index (χ3v) is 2.49.